The average Bonchev–Trinajstić information content (AvgIpc) is 2.74. The van der Waals surface area contributed by atoms with Crippen LogP contribution in [0.25, 0.3) is 11.3 Å². The molecule has 0 N–H and O–H groups in total. The lowest BCUT2D eigenvalue weighted by Crippen LogP contribution is -2.40. The van der Waals surface area contributed by atoms with Gasteiger partial charge in [0.2, 0.25) is 5.91 Å². The summed E-state index contributed by atoms with van der Waals surface area (Å²) in [5, 5.41) is 0. The Morgan fingerprint density at radius 3 is 2.86 bits per heavy atom. The van der Waals surface area contributed by atoms with Gasteiger partial charge in [-0.25, -0.2) is 4.39 Å². The summed E-state index contributed by atoms with van der Waals surface area (Å²) in [5.41, 5.74) is 3.14. The maximum Gasteiger partial charge on any atom is 0.227 e. The Hall–Kier alpha value is -3.15. The van der Waals surface area contributed by atoms with Gasteiger partial charge in [-0.1, -0.05) is 18.2 Å². The second-order valence-electron chi connectivity index (χ2n) is 7.02. The molecule has 1 amide bonds. The SMILES string of the molecule is O=C(Cc1cccnc1)N1CCC[C@@H](c2nccnc2-c2cccc(F)c2)C1. The summed E-state index contributed by atoms with van der Waals surface area (Å²) >= 11 is 0. The normalized spacial score (nSPS) is 16.8. The highest BCUT2D eigenvalue weighted by molar-refractivity contribution is 5.79. The molecule has 1 aliphatic rings. The number of hydrogen-bond donors (Lipinski definition) is 0. The molecule has 1 aromatic carbocycles. The van der Waals surface area contributed by atoms with Gasteiger partial charge in [0.05, 0.1) is 17.8 Å². The van der Waals surface area contributed by atoms with Crippen LogP contribution < -0.4 is 0 Å². The van der Waals surface area contributed by atoms with Gasteiger partial charge in [-0.15, -0.1) is 0 Å². The molecular formula is C22H21FN4O. The van der Waals surface area contributed by atoms with E-state index in [-0.39, 0.29) is 17.6 Å². The van der Waals surface area contributed by atoms with Crippen molar-refractivity contribution in [2.75, 3.05) is 13.1 Å². The zero-order valence-corrected chi connectivity index (χ0v) is 15.5. The smallest absolute Gasteiger partial charge is 0.227 e. The molecule has 1 atom stereocenters. The van der Waals surface area contributed by atoms with E-state index in [4.69, 9.17) is 0 Å². The van der Waals surface area contributed by atoms with Gasteiger partial charge in [0.1, 0.15) is 5.82 Å². The van der Waals surface area contributed by atoms with E-state index >= 15 is 0 Å². The van der Waals surface area contributed by atoms with Crippen molar-refractivity contribution in [3.8, 4) is 11.3 Å². The van der Waals surface area contributed by atoms with Gasteiger partial charge in [-0.3, -0.25) is 19.7 Å². The summed E-state index contributed by atoms with van der Waals surface area (Å²) in [6, 6.07) is 10.2. The molecule has 1 saturated heterocycles. The third-order valence-corrected chi connectivity index (χ3v) is 5.06. The van der Waals surface area contributed by atoms with Crippen LogP contribution in [0.2, 0.25) is 0 Å². The van der Waals surface area contributed by atoms with Crippen molar-refractivity contribution in [2.24, 2.45) is 0 Å². The Kier molecular flexibility index (Phi) is 5.37. The van der Waals surface area contributed by atoms with Crippen molar-refractivity contribution in [3.05, 3.63) is 78.3 Å². The number of benzene rings is 1. The summed E-state index contributed by atoms with van der Waals surface area (Å²) in [5.74, 6) is -0.126. The molecule has 0 saturated carbocycles. The monoisotopic (exact) mass is 376 g/mol. The Morgan fingerprint density at radius 1 is 1.14 bits per heavy atom. The molecule has 0 bridgehead atoms. The number of hydrogen-bond acceptors (Lipinski definition) is 4. The van der Waals surface area contributed by atoms with E-state index in [9.17, 15) is 9.18 Å². The van der Waals surface area contributed by atoms with Gasteiger partial charge < -0.3 is 4.90 Å². The third kappa shape index (κ3) is 4.06. The third-order valence-electron chi connectivity index (χ3n) is 5.06. The van der Waals surface area contributed by atoms with Gasteiger partial charge in [0.15, 0.2) is 0 Å². The second-order valence-corrected chi connectivity index (χ2v) is 7.02. The van der Waals surface area contributed by atoms with Crippen molar-refractivity contribution < 1.29 is 9.18 Å². The van der Waals surface area contributed by atoms with Crippen molar-refractivity contribution in [3.63, 3.8) is 0 Å². The summed E-state index contributed by atoms with van der Waals surface area (Å²) < 4.78 is 13.7. The lowest BCUT2D eigenvalue weighted by Gasteiger charge is -2.33. The Labute approximate surface area is 163 Å². The summed E-state index contributed by atoms with van der Waals surface area (Å²) in [6.07, 6.45) is 8.89. The Bertz CT molecular complexity index is 964. The number of carbonyl (C=O) groups is 1. The van der Waals surface area contributed by atoms with Crippen LogP contribution in [0.1, 0.15) is 30.0 Å². The highest BCUT2D eigenvalue weighted by Gasteiger charge is 2.28. The fraction of sp³-hybridized carbons (Fsp3) is 0.273. The van der Waals surface area contributed by atoms with Gasteiger partial charge in [0.25, 0.3) is 0 Å². The molecule has 28 heavy (non-hydrogen) atoms. The second kappa shape index (κ2) is 8.25. The number of aromatic nitrogens is 3. The highest BCUT2D eigenvalue weighted by Crippen LogP contribution is 2.32. The largest absolute Gasteiger partial charge is 0.342 e. The molecular weight excluding hydrogens is 355 g/mol. The number of carbonyl (C=O) groups excluding carboxylic acids is 1. The molecule has 4 rings (SSSR count). The number of pyridine rings is 1. The van der Waals surface area contributed by atoms with Crippen LogP contribution >= 0.6 is 0 Å². The fourth-order valence-corrected chi connectivity index (χ4v) is 3.72. The van der Waals surface area contributed by atoms with Crippen molar-refractivity contribution in [2.45, 2.75) is 25.2 Å². The van der Waals surface area contributed by atoms with E-state index < -0.39 is 0 Å². The minimum Gasteiger partial charge on any atom is -0.342 e. The number of likely N-dealkylation sites (tertiary alicyclic amines) is 1. The van der Waals surface area contributed by atoms with E-state index in [1.807, 2.05) is 23.1 Å². The van der Waals surface area contributed by atoms with Crippen LogP contribution in [0.3, 0.4) is 0 Å². The predicted molar refractivity (Wildman–Crippen MR) is 104 cm³/mol. The van der Waals surface area contributed by atoms with E-state index in [0.29, 0.717) is 24.2 Å². The standard InChI is InChI=1S/C22H21FN4O/c23-19-7-1-5-17(13-19)21-22(26-10-9-25-21)18-6-3-11-27(15-18)20(28)12-16-4-2-8-24-14-16/h1-2,4-5,7-10,13-14,18H,3,6,11-12,15H2/t18-/m1/s1. The van der Waals surface area contributed by atoms with Crippen LogP contribution in [-0.2, 0) is 11.2 Å². The molecule has 5 nitrogen and oxygen atoms in total. The molecule has 3 aromatic rings. The minimum atomic E-state index is -0.300. The van der Waals surface area contributed by atoms with Gasteiger partial charge in [-0.05, 0) is 36.6 Å². The number of halogens is 1. The van der Waals surface area contributed by atoms with Crippen LogP contribution in [0.4, 0.5) is 4.39 Å². The first-order chi connectivity index (χ1) is 13.7. The number of nitrogens with zero attached hydrogens (tertiary/aromatic N) is 4. The van der Waals surface area contributed by atoms with E-state index in [0.717, 1.165) is 30.6 Å². The summed E-state index contributed by atoms with van der Waals surface area (Å²) in [4.78, 5) is 27.7. The highest BCUT2D eigenvalue weighted by atomic mass is 19.1. The first-order valence-corrected chi connectivity index (χ1v) is 9.44. The topological polar surface area (TPSA) is 59.0 Å². The van der Waals surface area contributed by atoms with Crippen LogP contribution in [0.15, 0.2) is 61.2 Å². The average molecular weight is 376 g/mol. The number of rotatable bonds is 4. The van der Waals surface area contributed by atoms with E-state index in [1.54, 1.807) is 30.9 Å². The quantitative estimate of drug-likeness (QED) is 0.698. The minimum absolute atomic E-state index is 0.0820. The van der Waals surface area contributed by atoms with Crippen LogP contribution in [0, 0.1) is 5.82 Å². The molecule has 6 heteroatoms. The summed E-state index contributed by atoms with van der Waals surface area (Å²) in [6.45, 7) is 1.34. The molecule has 0 radical (unpaired) electrons. The first-order valence-electron chi connectivity index (χ1n) is 9.44. The van der Waals surface area contributed by atoms with Crippen molar-refractivity contribution >= 4 is 5.91 Å². The van der Waals surface area contributed by atoms with Crippen molar-refractivity contribution in [1.82, 2.24) is 19.9 Å². The molecule has 142 valence electrons. The Morgan fingerprint density at radius 2 is 2.04 bits per heavy atom. The van der Waals surface area contributed by atoms with Crippen LogP contribution in [0.5, 0.6) is 0 Å². The van der Waals surface area contributed by atoms with E-state index in [1.165, 1.54) is 12.1 Å². The lowest BCUT2D eigenvalue weighted by atomic mass is 9.91. The van der Waals surface area contributed by atoms with Crippen molar-refractivity contribution in [1.29, 1.82) is 0 Å². The molecule has 0 aliphatic carbocycles. The van der Waals surface area contributed by atoms with Gasteiger partial charge in [-0.2, -0.15) is 0 Å². The molecule has 2 aromatic heterocycles. The Balaban J connectivity index is 1.55. The summed E-state index contributed by atoms with van der Waals surface area (Å²) in [7, 11) is 0. The maximum absolute atomic E-state index is 13.7. The van der Waals surface area contributed by atoms with Gasteiger partial charge in [0, 0.05) is 49.4 Å². The van der Waals surface area contributed by atoms with Gasteiger partial charge >= 0.3 is 0 Å². The molecule has 1 fully saturated rings. The molecule has 0 unspecified atom stereocenters. The number of piperidine rings is 1. The lowest BCUT2D eigenvalue weighted by molar-refractivity contribution is -0.131. The fourth-order valence-electron chi connectivity index (χ4n) is 3.72. The number of amides is 1. The predicted octanol–water partition coefficient (Wildman–Crippen LogP) is 3.63. The van der Waals surface area contributed by atoms with E-state index in [2.05, 4.69) is 15.0 Å². The van der Waals surface area contributed by atoms with Crippen LogP contribution in [-0.4, -0.2) is 38.8 Å². The molecule has 0 spiro atoms. The zero-order chi connectivity index (χ0) is 19.3. The zero-order valence-electron chi connectivity index (χ0n) is 15.5. The first kappa shape index (κ1) is 18.2. The molecule has 3 heterocycles. The maximum atomic E-state index is 13.7. The molecule has 1 aliphatic heterocycles.